The number of rotatable bonds is 4. The molecule has 2 heterocycles. The van der Waals surface area contributed by atoms with Crippen LogP contribution in [0.25, 0.3) is 36.9 Å². The first-order valence-electron chi connectivity index (χ1n) is 15.8. The molecule has 0 fully saturated rings. The average Bonchev–Trinajstić information content (AvgIpc) is 3.49. The van der Waals surface area contributed by atoms with E-state index in [1.807, 2.05) is 11.3 Å². The fourth-order valence-corrected chi connectivity index (χ4v) is 8.51. The fraction of sp³-hybridized carbons (Fsp3) is 0.0476. The van der Waals surface area contributed by atoms with Gasteiger partial charge in [-0.3, -0.25) is 0 Å². The Kier molecular flexibility index (Phi) is 6.31. The SMILES string of the molecule is C1=CC(c2cccc(-c3ccccc3)c2B2c3ccccc3N(c3ccc4sc5ccccc5c4c3)c3ccccc32)=CCC1. The number of nitrogens with zero attached hydrogens (tertiary/aromatic N) is 1. The highest BCUT2D eigenvalue weighted by molar-refractivity contribution is 7.25. The van der Waals surface area contributed by atoms with Crippen LogP contribution in [-0.4, -0.2) is 6.71 Å². The summed E-state index contributed by atoms with van der Waals surface area (Å²) in [6, 6.07) is 51.6. The summed E-state index contributed by atoms with van der Waals surface area (Å²) < 4.78 is 2.66. The molecule has 0 saturated heterocycles. The molecule has 0 atom stereocenters. The van der Waals surface area contributed by atoms with Gasteiger partial charge in [-0.05, 0) is 82.4 Å². The Morgan fingerprint density at radius 2 is 1.24 bits per heavy atom. The van der Waals surface area contributed by atoms with Gasteiger partial charge < -0.3 is 4.90 Å². The third-order valence-corrected chi connectivity index (χ3v) is 10.5. The van der Waals surface area contributed by atoms with Gasteiger partial charge in [0, 0.05) is 37.2 Å². The van der Waals surface area contributed by atoms with Crippen molar-refractivity contribution in [2.24, 2.45) is 0 Å². The summed E-state index contributed by atoms with van der Waals surface area (Å²) >= 11 is 1.87. The van der Waals surface area contributed by atoms with Crippen LogP contribution in [0.15, 0.2) is 158 Å². The van der Waals surface area contributed by atoms with Crippen molar-refractivity contribution in [2.45, 2.75) is 12.8 Å². The molecule has 7 aromatic rings. The van der Waals surface area contributed by atoms with Crippen LogP contribution in [-0.2, 0) is 0 Å². The van der Waals surface area contributed by atoms with Crippen molar-refractivity contribution in [3.05, 3.63) is 163 Å². The summed E-state index contributed by atoms with van der Waals surface area (Å²) in [5.74, 6) is 0. The highest BCUT2D eigenvalue weighted by atomic mass is 32.1. The summed E-state index contributed by atoms with van der Waals surface area (Å²) in [6.07, 6.45) is 9.24. The normalized spacial score (nSPS) is 14.0. The number of allylic oxidation sites excluding steroid dienone is 4. The molecular formula is C42H30BNS. The lowest BCUT2D eigenvalue weighted by Gasteiger charge is -2.38. The molecule has 0 amide bonds. The van der Waals surface area contributed by atoms with E-state index in [0.29, 0.717) is 0 Å². The quantitative estimate of drug-likeness (QED) is 0.184. The van der Waals surface area contributed by atoms with Gasteiger partial charge in [0.15, 0.2) is 0 Å². The van der Waals surface area contributed by atoms with Crippen LogP contribution in [0.5, 0.6) is 0 Å². The second kappa shape index (κ2) is 10.8. The van der Waals surface area contributed by atoms with Gasteiger partial charge in [0.25, 0.3) is 0 Å². The van der Waals surface area contributed by atoms with Gasteiger partial charge in [-0.1, -0.05) is 127 Å². The zero-order valence-electron chi connectivity index (χ0n) is 24.9. The second-order valence-corrected chi connectivity index (χ2v) is 13.0. The second-order valence-electron chi connectivity index (χ2n) is 11.9. The van der Waals surface area contributed by atoms with Crippen molar-refractivity contribution in [3.63, 3.8) is 0 Å². The van der Waals surface area contributed by atoms with Crippen molar-refractivity contribution in [1.82, 2.24) is 0 Å². The summed E-state index contributed by atoms with van der Waals surface area (Å²) in [5.41, 5.74) is 12.9. The van der Waals surface area contributed by atoms with E-state index in [2.05, 4.69) is 163 Å². The molecule has 1 aliphatic carbocycles. The minimum absolute atomic E-state index is 0.0713. The van der Waals surface area contributed by atoms with Crippen molar-refractivity contribution < 1.29 is 0 Å². The number of anilines is 3. The molecule has 0 unspecified atom stereocenters. The Bertz CT molecular complexity index is 2250. The smallest absolute Gasteiger partial charge is 0.248 e. The third-order valence-electron chi connectivity index (χ3n) is 9.38. The van der Waals surface area contributed by atoms with Crippen molar-refractivity contribution in [2.75, 3.05) is 4.90 Å². The molecule has 6 aromatic carbocycles. The van der Waals surface area contributed by atoms with Crippen molar-refractivity contribution >= 4 is 77.2 Å². The van der Waals surface area contributed by atoms with Crippen LogP contribution in [0.4, 0.5) is 17.1 Å². The molecule has 1 aliphatic heterocycles. The minimum atomic E-state index is 0.0713. The molecule has 2 aliphatic rings. The predicted octanol–water partition coefficient (Wildman–Crippen LogP) is 9.75. The molecule has 212 valence electrons. The summed E-state index contributed by atoms with van der Waals surface area (Å²) in [5, 5.41) is 2.64. The molecule has 0 radical (unpaired) electrons. The van der Waals surface area contributed by atoms with Crippen molar-refractivity contribution in [3.8, 4) is 11.1 Å². The van der Waals surface area contributed by atoms with Crippen LogP contribution >= 0.6 is 11.3 Å². The first-order valence-corrected chi connectivity index (χ1v) is 16.6. The van der Waals surface area contributed by atoms with E-state index in [-0.39, 0.29) is 6.71 Å². The van der Waals surface area contributed by atoms with E-state index in [9.17, 15) is 0 Å². The molecule has 0 N–H and O–H groups in total. The lowest BCUT2D eigenvalue weighted by molar-refractivity contribution is 1.04. The van der Waals surface area contributed by atoms with Crippen LogP contribution in [0.2, 0.25) is 0 Å². The first-order chi connectivity index (χ1) is 22.3. The van der Waals surface area contributed by atoms with E-state index >= 15 is 0 Å². The van der Waals surface area contributed by atoms with Gasteiger partial charge in [-0.15, -0.1) is 11.3 Å². The maximum atomic E-state index is 2.48. The number of thiophene rings is 1. The highest BCUT2D eigenvalue weighted by Crippen LogP contribution is 2.41. The maximum Gasteiger partial charge on any atom is 0.248 e. The molecule has 9 rings (SSSR count). The zero-order valence-corrected chi connectivity index (χ0v) is 25.7. The van der Waals surface area contributed by atoms with Crippen LogP contribution in [0.1, 0.15) is 18.4 Å². The third kappa shape index (κ3) is 4.30. The van der Waals surface area contributed by atoms with E-state index < -0.39 is 0 Å². The highest BCUT2D eigenvalue weighted by Gasteiger charge is 2.37. The van der Waals surface area contributed by atoms with Gasteiger partial charge in [-0.2, -0.15) is 0 Å². The standard InChI is InChI=1S/C42H30BNS/c1-3-14-29(15-4-1)32-19-13-20-33(30-16-5-2-6-17-30)42(32)43-36-21-8-10-23-38(36)44(39-24-11-9-22-37(39)43)31-26-27-41-35(28-31)34-18-7-12-25-40(34)45-41/h1,3-5,7-28H,2,6H2. The Morgan fingerprint density at radius 1 is 0.556 bits per heavy atom. The first kappa shape index (κ1) is 26.3. The minimum Gasteiger partial charge on any atom is -0.311 e. The molecule has 0 spiro atoms. The molecule has 0 saturated carbocycles. The Morgan fingerprint density at radius 3 is 2.02 bits per heavy atom. The number of para-hydroxylation sites is 2. The Balaban J connectivity index is 1.31. The van der Waals surface area contributed by atoms with E-state index in [1.165, 1.54) is 75.9 Å². The topological polar surface area (TPSA) is 3.24 Å². The van der Waals surface area contributed by atoms with Gasteiger partial charge in [0.2, 0.25) is 6.71 Å². The van der Waals surface area contributed by atoms with Crippen LogP contribution < -0.4 is 21.3 Å². The number of fused-ring (bicyclic) bond motifs is 5. The summed E-state index contributed by atoms with van der Waals surface area (Å²) in [4.78, 5) is 2.48. The van der Waals surface area contributed by atoms with E-state index in [0.717, 1.165) is 12.8 Å². The largest absolute Gasteiger partial charge is 0.311 e. The molecule has 1 aromatic heterocycles. The number of benzene rings is 6. The van der Waals surface area contributed by atoms with Crippen LogP contribution in [0.3, 0.4) is 0 Å². The van der Waals surface area contributed by atoms with E-state index in [1.54, 1.807) is 0 Å². The van der Waals surface area contributed by atoms with Crippen molar-refractivity contribution in [1.29, 1.82) is 0 Å². The number of hydrogen-bond acceptors (Lipinski definition) is 2. The molecular weight excluding hydrogens is 561 g/mol. The van der Waals surface area contributed by atoms with Gasteiger partial charge >= 0.3 is 0 Å². The molecule has 45 heavy (non-hydrogen) atoms. The van der Waals surface area contributed by atoms with Gasteiger partial charge in [-0.25, -0.2) is 0 Å². The average molecular weight is 592 g/mol. The van der Waals surface area contributed by atoms with Gasteiger partial charge in [0.05, 0.1) is 0 Å². The maximum absolute atomic E-state index is 2.48. The predicted molar refractivity (Wildman–Crippen MR) is 197 cm³/mol. The Labute approximate surface area is 268 Å². The summed E-state index contributed by atoms with van der Waals surface area (Å²) in [7, 11) is 0. The zero-order chi connectivity index (χ0) is 29.7. The van der Waals surface area contributed by atoms with Crippen LogP contribution in [0, 0.1) is 0 Å². The molecule has 3 heteroatoms. The summed E-state index contributed by atoms with van der Waals surface area (Å²) in [6.45, 7) is 0.0713. The molecule has 0 bridgehead atoms. The Hall–Kier alpha value is -5.12. The van der Waals surface area contributed by atoms with Gasteiger partial charge in [0.1, 0.15) is 0 Å². The van der Waals surface area contributed by atoms with E-state index in [4.69, 9.17) is 0 Å². The monoisotopic (exact) mass is 591 g/mol. The number of hydrogen-bond donors (Lipinski definition) is 0. The molecule has 1 nitrogen and oxygen atoms in total. The lowest BCUT2D eigenvalue weighted by atomic mass is 9.33. The lowest BCUT2D eigenvalue weighted by Crippen LogP contribution is -2.58. The fourth-order valence-electron chi connectivity index (χ4n) is 7.42.